The van der Waals surface area contributed by atoms with Crippen molar-refractivity contribution in [2.24, 2.45) is 0 Å². The third-order valence-corrected chi connectivity index (χ3v) is 3.73. The minimum Gasteiger partial charge on any atom is -0.465 e. The van der Waals surface area contributed by atoms with Crippen molar-refractivity contribution in [3.05, 3.63) is 23.5 Å². The van der Waals surface area contributed by atoms with Gasteiger partial charge < -0.3 is 5.11 Å². The molecule has 1 N–H and O–H groups in total. The van der Waals surface area contributed by atoms with Crippen LogP contribution < -0.4 is 0 Å². The predicted octanol–water partition coefficient (Wildman–Crippen LogP) is 1.76. The second-order valence-corrected chi connectivity index (χ2v) is 4.90. The van der Waals surface area contributed by atoms with E-state index in [0.717, 1.165) is 18.5 Å². The maximum absolute atomic E-state index is 12.2. The number of hydrogen-bond acceptors (Lipinski definition) is 3. The van der Waals surface area contributed by atoms with Crippen LogP contribution in [0.5, 0.6) is 0 Å². The molecule has 0 aliphatic carbocycles. The van der Waals surface area contributed by atoms with Crippen LogP contribution in [0, 0.1) is 0 Å². The Balaban J connectivity index is 2.13. The van der Waals surface area contributed by atoms with E-state index >= 15 is 0 Å². The van der Waals surface area contributed by atoms with Gasteiger partial charge in [0.15, 0.2) is 5.78 Å². The van der Waals surface area contributed by atoms with Gasteiger partial charge in [-0.05, 0) is 12.8 Å². The van der Waals surface area contributed by atoms with Gasteiger partial charge in [0.25, 0.3) is 0 Å². The second kappa shape index (κ2) is 4.22. The predicted molar refractivity (Wildman–Crippen MR) is 67.9 cm³/mol. The molecule has 0 radical (unpaired) electrons. The molecule has 0 unspecified atom stereocenters. The van der Waals surface area contributed by atoms with Gasteiger partial charge in [0.05, 0.1) is 17.0 Å². The van der Waals surface area contributed by atoms with Gasteiger partial charge in [0, 0.05) is 25.9 Å². The molecule has 0 atom stereocenters. The second-order valence-electron chi connectivity index (χ2n) is 4.90. The van der Waals surface area contributed by atoms with Crippen molar-refractivity contribution in [3.8, 4) is 0 Å². The third kappa shape index (κ3) is 1.75. The number of ketones is 1. The lowest BCUT2D eigenvalue weighted by molar-refractivity contribution is 0.0975. The van der Waals surface area contributed by atoms with Crippen LogP contribution in [0.3, 0.4) is 0 Å². The summed E-state index contributed by atoms with van der Waals surface area (Å²) in [7, 11) is 0. The maximum atomic E-state index is 12.2. The van der Waals surface area contributed by atoms with Crippen LogP contribution >= 0.6 is 0 Å². The highest BCUT2D eigenvalue weighted by atomic mass is 16.4. The summed E-state index contributed by atoms with van der Waals surface area (Å²) in [5.41, 5.74) is 2.36. The Labute approximate surface area is 110 Å². The smallest absolute Gasteiger partial charge is 0.411 e. The van der Waals surface area contributed by atoms with Crippen LogP contribution in [0.15, 0.2) is 6.58 Å². The number of hydrogen-bond donors (Lipinski definition) is 1. The number of aromatic nitrogens is 2. The molecule has 0 spiro atoms. The summed E-state index contributed by atoms with van der Waals surface area (Å²) in [6.45, 7) is 4.91. The Morgan fingerprint density at radius 3 is 2.79 bits per heavy atom. The number of amides is 1. The SMILES string of the molecule is C=C1c2c(nn3c2C(=O)CCCC3)CCN1C(=O)O. The van der Waals surface area contributed by atoms with Gasteiger partial charge in [-0.15, -0.1) is 0 Å². The number of carbonyl (C=O) groups is 2. The highest BCUT2D eigenvalue weighted by Gasteiger charge is 2.33. The Morgan fingerprint density at radius 1 is 1.26 bits per heavy atom. The van der Waals surface area contributed by atoms with Gasteiger partial charge in [-0.1, -0.05) is 6.58 Å². The van der Waals surface area contributed by atoms with Crippen LogP contribution in [0.1, 0.15) is 41.0 Å². The lowest BCUT2D eigenvalue weighted by Gasteiger charge is -2.26. The minimum absolute atomic E-state index is 0.0413. The zero-order valence-electron chi connectivity index (χ0n) is 10.6. The number of fused-ring (bicyclic) bond motifs is 3. The molecule has 1 aromatic rings. The highest BCUT2D eigenvalue weighted by Crippen LogP contribution is 2.32. The first-order valence-electron chi connectivity index (χ1n) is 6.42. The average Bonchev–Trinajstić information content (AvgIpc) is 2.64. The van der Waals surface area contributed by atoms with Crippen molar-refractivity contribution in [2.75, 3.05) is 6.54 Å². The topological polar surface area (TPSA) is 75.4 Å². The number of nitrogens with zero attached hydrogens (tertiary/aromatic N) is 3. The van der Waals surface area contributed by atoms with Gasteiger partial charge in [0.2, 0.25) is 0 Å². The zero-order chi connectivity index (χ0) is 13.6. The zero-order valence-corrected chi connectivity index (χ0v) is 10.6. The molecule has 6 heteroatoms. The van der Waals surface area contributed by atoms with Crippen LogP contribution in [0.2, 0.25) is 0 Å². The lowest BCUT2D eigenvalue weighted by atomic mass is 9.99. The van der Waals surface area contributed by atoms with E-state index in [1.165, 1.54) is 4.90 Å². The summed E-state index contributed by atoms with van der Waals surface area (Å²) < 4.78 is 1.73. The Bertz CT molecular complexity index is 588. The normalized spacial score (nSPS) is 18.8. The quantitative estimate of drug-likeness (QED) is 0.772. The Hall–Kier alpha value is -2.11. The number of carbonyl (C=O) groups excluding carboxylic acids is 1. The maximum Gasteiger partial charge on any atom is 0.411 e. The molecule has 19 heavy (non-hydrogen) atoms. The van der Waals surface area contributed by atoms with Crippen molar-refractivity contribution < 1.29 is 14.7 Å². The molecule has 1 amide bonds. The van der Waals surface area contributed by atoms with Crippen molar-refractivity contribution in [1.29, 1.82) is 0 Å². The molecule has 0 fully saturated rings. The molecule has 6 nitrogen and oxygen atoms in total. The average molecular weight is 261 g/mol. The van der Waals surface area contributed by atoms with Crippen molar-refractivity contribution in [3.63, 3.8) is 0 Å². The fourth-order valence-electron chi connectivity index (χ4n) is 2.80. The van der Waals surface area contributed by atoms with E-state index < -0.39 is 6.09 Å². The van der Waals surface area contributed by atoms with Crippen molar-refractivity contribution >= 4 is 17.6 Å². The summed E-state index contributed by atoms with van der Waals surface area (Å²) in [5, 5.41) is 13.6. The van der Waals surface area contributed by atoms with Crippen LogP contribution in [0.25, 0.3) is 5.70 Å². The number of aryl methyl sites for hydroxylation is 1. The molecule has 2 aliphatic heterocycles. The van der Waals surface area contributed by atoms with E-state index in [-0.39, 0.29) is 5.78 Å². The monoisotopic (exact) mass is 261 g/mol. The number of rotatable bonds is 0. The third-order valence-electron chi connectivity index (χ3n) is 3.73. The molecular formula is C13H15N3O3. The van der Waals surface area contributed by atoms with Gasteiger partial charge in [-0.25, -0.2) is 4.79 Å². The molecule has 1 aromatic heterocycles. The Kier molecular flexibility index (Phi) is 2.66. The first-order chi connectivity index (χ1) is 9.09. The van der Waals surface area contributed by atoms with Crippen LogP contribution in [-0.2, 0) is 13.0 Å². The molecule has 100 valence electrons. The molecular weight excluding hydrogens is 246 g/mol. The van der Waals surface area contributed by atoms with Gasteiger partial charge in [0.1, 0.15) is 5.69 Å². The van der Waals surface area contributed by atoms with E-state index in [2.05, 4.69) is 11.7 Å². The lowest BCUT2D eigenvalue weighted by Crippen LogP contribution is -2.33. The summed E-state index contributed by atoms with van der Waals surface area (Å²) in [4.78, 5) is 24.6. The Morgan fingerprint density at radius 2 is 2.05 bits per heavy atom. The van der Waals surface area contributed by atoms with Crippen LogP contribution in [-0.4, -0.2) is 38.2 Å². The molecule has 0 bridgehead atoms. The molecule has 0 saturated heterocycles. The van der Waals surface area contributed by atoms with E-state index in [9.17, 15) is 9.59 Å². The highest BCUT2D eigenvalue weighted by molar-refractivity contribution is 6.00. The van der Waals surface area contributed by atoms with E-state index in [1.54, 1.807) is 4.68 Å². The summed E-state index contributed by atoms with van der Waals surface area (Å²) in [5.74, 6) is 0.0413. The summed E-state index contributed by atoms with van der Waals surface area (Å²) in [6, 6.07) is 0. The molecule has 3 heterocycles. The number of carboxylic acid groups (broad SMARTS) is 1. The summed E-state index contributed by atoms with van der Waals surface area (Å²) >= 11 is 0. The fourth-order valence-corrected chi connectivity index (χ4v) is 2.80. The van der Waals surface area contributed by atoms with Gasteiger partial charge in [-0.2, -0.15) is 5.10 Å². The number of Topliss-reactive ketones (excluding diaryl/α,β-unsaturated/α-hetero) is 1. The van der Waals surface area contributed by atoms with Gasteiger partial charge >= 0.3 is 6.09 Å². The van der Waals surface area contributed by atoms with Crippen LogP contribution in [0.4, 0.5) is 4.79 Å². The summed E-state index contributed by atoms with van der Waals surface area (Å²) in [6.07, 6.45) is 1.78. The van der Waals surface area contributed by atoms with E-state index in [1.807, 2.05) is 0 Å². The van der Waals surface area contributed by atoms with E-state index in [0.29, 0.717) is 42.9 Å². The first kappa shape index (κ1) is 12.0. The first-order valence-corrected chi connectivity index (χ1v) is 6.42. The molecule has 0 aromatic carbocycles. The minimum atomic E-state index is -1.03. The molecule has 2 aliphatic rings. The fraction of sp³-hybridized carbons (Fsp3) is 0.462. The molecule has 3 rings (SSSR count). The van der Waals surface area contributed by atoms with Gasteiger partial charge in [-0.3, -0.25) is 14.4 Å². The standard InChI is InChI=1S/C13H15N3O3/c1-8-11-9(5-7-15(8)13(18)19)14-16-6-3-2-4-10(17)12(11)16/h1-7H2,(H,18,19). The molecule has 0 saturated carbocycles. The van der Waals surface area contributed by atoms with E-state index in [4.69, 9.17) is 5.11 Å². The van der Waals surface area contributed by atoms with Crippen molar-refractivity contribution in [2.45, 2.75) is 32.2 Å². The van der Waals surface area contributed by atoms with Crippen molar-refractivity contribution in [1.82, 2.24) is 14.7 Å². The largest absolute Gasteiger partial charge is 0.465 e.